The van der Waals surface area contributed by atoms with Crippen molar-refractivity contribution in [2.45, 2.75) is 39.0 Å². The molecule has 0 heterocycles. The first-order valence-corrected chi connectivity index (χ1v) is 6.89. The van der Waals surface area contributed by atoms with Crippen LogP contribution in [0, 0.1) is 0 Å². The normalized spacial score (nSPS) is 10.8. The molecule has 0 saturated carbocycles. The molecule has 1 N–H and O–H groups in total. The minimum absolute atomic E-state index is 0.904. The molecule has 0 saturated heterocycles. The summed E-state index contributed by atoms with van der Waals surface area (Å²) in [6.45, 7) is 3.25. The lowest BCUT2D eigenvalue weighted by atomic mass is 10.2. The quantitative estimate of drug-likeness (QED) is 0.507. The highest BCUT2D eigenvalue weighted by Crippen LogP contribution is 2.14. The van der Waals surface area contributed by atoms with E-state index in [-0.39, 0.29) is 0 Å². The maximum absolute atomic E-state index is 5.12. The molecule has 0 aliphatic heterocycles. The van der Waals surface area contributed by atoms with Gasteiger partial charge in [0.05, 0.1) is 7.11 Å². The first kappa shape index (κ1) is 14.6. The molecule has 0 aliphatic rings. The van der Waals surface area contributed by atoms with E-state index in [9.17, 15) is 0 Å². The summed E-state index contributed by atoms with van der Waals surface area (Å²) in [4.78, 5) is 0. The zero-order valence-corrected chi connectivity index (χ0v) is 11.6. The molecule has 1 aromatic rings. The standard InChI is InChI=1S/C16H25NO/c1-3-4-5-6-7-8-9-14-17-15-10-12-16(18-2)13-11-15/h5-6,10-13,17H,3-4,7-9,14H2,1-2H3. The minimum Gasteiger partial charge on any atom is -0.497 e. The Kier molecular flexibility index (Phi) is 7.78. The van der Waals surface area contributed by atoms with Crippen LogP contribution in [-0.4, -0.2) is 13.7 Å². The van der Waals surface area contributed by atoms with E-state index in [1.165, 1.54) is 32.1 Å². The molecule has 1 rings (SSSR count). The van der Waals surface area contributed by atoms with Gasteiger partial charge in [0.15, 0.2) is 0 Å². The number of hydrogen-bond acceptors (Lipinski definition) is 2. The molecule has 0 fully saturated rings. The largest absolute Gasteiger partial charge is 0.497 e. The Hall–Kier alpha value is -1.44. The van der Waals surface area contributed by atoms with Crippen LogP contribution in [0.15, 0.2) is 36.4 Å². The van der Waals surface area contributed by atoms with Crippen LogP contribution in [0.1, 0.15) is 39.0 Å². The Bertz CT molecular complexity index is 329. The molecule has 0 aliphatic carbocycles. The number of nitrogens with one attached hydrogen (secondary N) is 1. The van der Waals surface area contributed by atoms with Crippen molar-refractivity contribution >= 4 is 5.69 Å². The van der Waals surface area contributed by atoms with Gasteiger partial charge in [0, 0.05) is 12.2 Å². The number of anilines is 1. The van der Waals surface area contributed by atoms with E-state index in [0.717, 1.165) is 18.0 Å². The Labute approximate surface area is 111 Å². The van der Waals surface area contributed by atoms with Gasteiger partial charge in [0.25, 0.3) is 0 Å². The molecular formula is C16H25NO. The van der Waals surface area contributed by atoms with E-state index in [1.54, 1.807) is 7.11 Å². The summed E-state index contributed by atoms with van der Waals surface area (Å²) in [6.07, 6.45) is 10.7. The molecule has 100 valence electrons. The second kappa shape index (κ2) is 9.58. The van der Waals surface area contributed by atoms with Gasteiger partial charge in [-0.05, 0) is 49.9 Å². The van der Waals surface area contributed by atoms with Gasteiger partial charge in [-0.2, -0.15) is 0 Å². The van der Waals surface area contributed by atoms with Crippen LogP contribution in [-0.2, 0) is 0 Å². The molecule has 0 bridgehead atoms. The number of methoxy groups -OCH3 is 1. The monoisotopic (exact) mass is 247 g/mol. The van der Waals surface area contributed by atoms with Gasteiger partial charge in [0.2, 0.25) is 0 Å². The number of hydrogen-bond donors (Lipinski definition) is 1. The van der Waals surface area contributed by atoms with Crippen molar-refractivity contribution in [3.8, 4) is 5.75 Å². The van der Waals surface area contributed by atoms with E-state index in [1.807, 2.05) is 12.1 Å². The number of allylic oxidation sites excluding steroid dienone is 2. The molecular weight excluding hydrogens is 222 g/mol. The average molecular weight is 247 g/mol. The fourth-order valence-corrected chi connectivity index (χ4v) is 1.73. The molecule has 0 spiro atoms. The van der Waals surface area contributed by atoms with E-state index in [4.69, 9.17) is 4.74 Å². The van der Waals surface area contributed by atoms with Crippen molar-refractivity contribution in [1.29, 1.82) is 0 Å². The van der Waals surface area contributed by atoms with Crippen molar-refractivity contribution in [3.63, 3.8) is 0 Å². The van der Waals surface area contributed by atoms with E-state index in [2.05, 4.69) is 36.5 Å². The summed E-state index contributed by atoms with van der Waals surface area (Å²) in [5, 5.41) is 3.42. The lowest BCUT2D eigenvalue weighted by Crippen LogP contribution is -2.00. The average Bonchev–Trinajstić information content (AvgIpc) is 2.42. The van der Waals surface area contributed by atoms with E-state index < -0.39 is 0 Å². The summed E-state index contributed by atoms with van der Waals surface area (Å²) >= 11 is 0. The predicted octanol–water partition coefficient (Wildman–Crippen LogP) is 4.63. The second-order valence-corrected chi connectivity index (χ2v) is 4.41. The first-order valence-electron chi connectivity index (χ1n) is 6.89. The summed E-state index contributed by atoms with van der Waals surface area (Å²) in [5.74, 6) is 0.904. The lowest BCUT2D eigenvalue weighted by molar-refractivity contribution is 0.415. The maximum atomic E-state index is 5.12. The summed E-state index contributed by atoms with van der Waals surface area (Å²) in [6, 6.07) is 8.08. The van der Waals surface area contributed by atoms with Gasteiger partial charge >= 0.3 is 0 Å². The molecule has 0 unspecified atom stereocenters. The molecule has 0 radical (unpaired) electrons. The van der Waals surface area contributed by atoms with Gasteiger partial charge in [-0.1, -0.05) is 25.5 Å². The Balaban J connectivity index is 2.06. The zero-order chi connectivity index (χ0) is 13.1. The Morgan fingerprint density at radius 3 is 2.44 bits per heavy atom. The minimum atomic E-state index is 0.904. The lowest BCUT2D eigenvalue weighted by Gasteiger charge is -2.06. The fourth-order valence-electron chi connectivity index (χ4n) is 1.73. The summed E-state index contributed by atoms with van der Waals surface area (Å²) in [7, 11) is 1.69. The van der Waals surface area contributed by atoms with Gasteiger partial charge in [-0.25, -0.2) is 0 Å². The van der Waals surface area contributed by atoms with Gasteiger partial charge < -0.3 is 10.1 Å². The van der Waals surface area contributed by atoms with Crippen molar-refractivity contribution < 1.29 is 4.74 Å². The highest BCUT2D eigenvalue weighted by atomic mass is 16.5. The second-order valence-electron chi connectivity index (χ2n) is 4.41. The molecule has 2 heteroatoms. The smallest absolute Gasteiger partial charge is 0.119 e. The highest BCUT2D eigenvalue weighted by Gasteiger charge is 1.93. The van der Waals surface area contributed by atoms with Gasteiger partial charge in [0.1, 0.15) is 5.75 Å². The van der Waals surface area contributed by atoms with Gasteiger partial charge in [-0.3, -0.25) is 0 Å². The third-order valence-electron chi connectivity index (χ3n) is 2.84. The first-order chi connectivity index (χ1) is 8.86. The topological polar surface area (TPSA) is 21.3 Å². The van der Waals surface area contributed by atoms with Crippen LogP contribution in [0.25, 0.3) is 0 Å². The highest BCUT2D eigenvalue weighted by molar-refractivity contribution is 5.46. The third-order valence-corrected chi connectivity index (χ3v) is 2.84. The molecule has 0 atom stereocenters. The number of ether oxygens (including phenoxy) is 1. The summed E-state index contributed by atoms with van der Waals surface area (Å²) < 4.78 is 5.12. The van der Waals surface area contributed by atoms with Crippen LogP contribution < -0.4 is 10.1 Å². The summed E-state index contributed by atoms with van der Waals surface area (Å²) in [5.41, 5.74) is 1.16. The van der Waals surface area contributed by atoms with Crippen LogP contribution in [0.3, 0.4) is 0 Å². The van der Waals surface area contributed by atoms with Crippen molar-refractivity contribution in [2.75, 3.05) is 19.0 Å². The van der Waals surface area contributed by atoms with Crippen LogP contribution >= 0.6 is 0 Å². The van der Waals surface area contributed by atoms with Crippen molar-refractivity contribution in [2.24, 2.45) is 0 Å². The zero-order valence-electron chi connectivity index (χ0n) is 11.6. The number of unbranched alkanes of at least 4 members (excludes halogenated alkanes) is 3. The SMILES string of the molecule is CCCC=CCCCCNc1ccc(OC)cc1. The third kappa shape index (κ3) is 6.33. The van der Waals surface area contributed by atoms with E-state index >= 15 is 0 Å². The van der Waals surface area contributed by atoms with Gasteiger partial charge in [-0.15, -0.1) is 0 Å². The maximum Gasteiger partial charge on any atom is 0.119 e. The van der Waals surface area contributed by atoms with E-state index in [0.29, 0.717) is 0 Å². The predicted molar refractivity (Wildman–Crippen MR) is 79.4 cm³/mol. The molecule has 0 amide bonds. The van der Waals surface area contributed by atoms with Crippen LogP contribution in [0.5, 0.6) is 5.75 Å². The Morgan fingerprint density at radius 1 is 1.06 bits per heavy atom. The molecule has 0 aromatic heterocycles. The van der Waals surface area contributed by atoms with Crippen LogP contribution in [0.4, 0.5) is 5.69 Å². The Morgan fingerprint density at radius 2 is 1.78 bits per heavy atom. The van der Waals surface area contributed by atoms with Crippen LogP contribution in [0.2, 0.25) is 0 Å². The fraction of sp³-hybridized carbons (Fsp3) is 0.500. The molecule has 1 aromatic carbocycles. The number of benzene rings is 1. The van der Waals surface area contributed by atoms with Crippen molar-refractivity contribution in [3.05, 3.63) is 36.4 Å². The van der Waals surface area contributed by atoms with Crippen molar-refractivity contribution in [1.82, 2.24) is 0 Å². The molecule has 2 nitrogen and oxygen atoms in total. The number of rotatable bonds is 9. The molecule has 18 heavy (non-hydrogen) atoms.